The van der Waals surface area contributed by atoms with Crippen LogP contribution >= 0.6 is 0 Å². The van der Waals surface area contributed by atoms with Gasteiger partial charge in [-0.05, 0) is 36.8 Å². The molecule has 0 radical (unpaired) electrons. The highest BCUT2D eigenvalue weighted by molar-refractivity contribution is 6.18. The van der Waals surface area contributed by atoms with Crippen molar-refractivity contribution >= 4 is 49.9 Å². The number of carboxylic acid groups (broad SMARTS) is 1. The van der Waals surface area contributed by atoms with Gasteiger partial charge in [0.2, 0.25) is 0 Å². The van der Waals surface area contributed by atoms with E-state index in [1.54, 1.807) is 4.40 Å². The van der Waals surface area contributed by atoms with E-state index in [1.165, 1.54) is 0 Å². The van der Waals surface area contributed by atoms with Crippen LogP contribution in [0.5, 0.6) is 0 Å². The first-order valence-electron chi connectivity index (χ1n) is 9.19. The van der Waals surface area contributed by atoms with Crippen LogP contribution in [0.1, 0.15) is 12.8 Å². The molecule has 0 aliphatic carbocycles. The monoisotopic (exact) mass is 371 g/mol. The van der Waals surface area contributed by atoms with E-state index in [0.717, 1.165) is 32.9 Å². The quantitative estimate of drug-likeness (QED) is 0.458. The van der Waals surface area contributed by atoms with Gasteiger partial charge in [0.15, 0.2) is 0 Å². The van der Waals surface area contributed by atoms with E-state index >= 15 is 0 Å². The number of imidazole rings is 1. The van der Waals surface area contributed by atoms with E-state index in [9.17, 15) is 9.59 Å². The van der Waals surface area contributed by atoms with Crippen molar-refractivity contribution in [2.75, 3.05) is 11.9 Å². The molecular weight excluding hydrogens is 354 g/mol. The number of pyridine rings is 1. The van der Waals surface area contributed by atoms with E-state index in [2.05, 4.69) is 5.32 Å². The second-order valence-electron chi connectivity index (χ2n) is 6.88. The van der Waals surface area contributed by atoms with E-state index in [-0.39, 0.29) is 12.0 Å². The molecule has 2 N–H and O–H groups in total. The highest BCUT2D eigenvalue weighted by Gasteiger charge is 2.17. The zero-order chi connectivity index (χ0) is 19.3. The molecule has 0 aliphatic rings. The fourth-order valence-electron chi connectivity index (χ4n) is 3.92. The Balaban J connectivity index is 1.76. The Hall–Kier alpha value is -3.67. The summed E-state index contributed by atoms with van der Waals surface area (Å²) in [5, 5.41) is 15.5. The van der Waals surface area contributed by atoms with Crippen LogP contribution in [0.15, 0.2) is 59.4 Å². The Kier molecular flexibility index (Phi) is 3.65. The number of nitrogens with zero attached hydrogens (tertiary/aromatic N) is 2. The minimum atomic E-state index is -0.803. The van der Waals surface area contributed by atoms with Crippen molar-refractivity contribution in [1.29, 1.82) is 0 Å². The summed E-state index contributed by atoms with van der Waals surface area (Å²) in [6.45, 7) is 0.553. The number of rotatable bonds is 5. The van der Waals surface area contributed by atoms with Crippen molar-refractivity contribution in [3.05, 3.63) is 65.0 Å². The number of fused-ring (bicyclic) bond motifs is 4. The van der Waals surface area contributed by atoms with Crippen molar-refractivity contribution in [3.8, 4) is 0 Å². The van der Waals surface area contributed by atoms with Crippen LogP contribution < -0.4 is 10.9 Å². The summed E-state index contributed by atoms with van der Waals surface area (Å²) in [4.78, 5) is 28.7. The first-order valence-corrected chi connectivity index (χ1v) is 9.19. The topological polar surface area (TPSA) is 83.7 Å². The maximum atomic E-state index is 13.3. The normalized spacial score (nSPS) is 11.7. The molecule has 0 unspecified atom stereocenters. The van der Waals surface area contributed by atoms with Crippen molar-refractivity contribution in [2.24, 2.45) is 0 Å². The molecule has 0 fully saturated rings. The number of para-hydroxylation sites is 2. The summed E-state index contributed by atoms with van der Waals surface area (Å²) >= 11 is 0. The number of carbonyl (C=O) groups is 1. The second-order valence-corrected chi connectivity index (χ2v) is 6.88. The van der Waals surface area contributed by atoms with E-state index in [1.807, 2.05) is 54.6 Å². The fraction of sp³-hybridized carbons (Fsp3) is 0.136. The van der Waals surface area contributed by atoms with Crippen LogP contribution in [0, 0.1) is 0 Å². The maximum Gasteiger partial charge on any atom is 0.303 e. The predicted octanol–water partition coefficient (Wildman–Crippen LogP) is 3.87. The Morgan fingerprint density at radius 3 is 2.68 bits per heavy atom. The molecule has 0 spiro atoms. The third-order valence-electron chi connectivity index (χ3n) is 5.16. The number of hydrogen-bond donors (Lipinski definition) is 2. The minimum Gasteiger partial charge on any atom is -0.481 e. The number of aromatic nitrogens is 2. The van der Waals surface area contributed by atoms with Crippen LogP contribution in [-0.2, 0) is 4.79 Å². The summed E-state index contributed by atoms with van der Waals surface area (Å²) in [6, 6.07) is 17.3. The first kappa shape index (κ1) is 16.5. The molecule has 0 saturated heterocycles. The van der Waals surface area contributed by atoms with Crippen LogP contribution in [0.25, 0.3) is 38.2 Å². The van der Waals surface area contributed by atoms with Crippen molar-refractivity contribution in [1.82, 2.24) is 9.38 Å². The largest absolute Gasteiger partial charge is 0.481 e. The van der Waals surface area contributed by atoms with Crippen LogP contribution in [0.2, 0.25) is 0 Å². The van der Waals surface area contributed by atoms with Gasteiger partial charge in [-0.2, -0.15) is 0 Å². The molecule has 3 aromatic carbocycles. The lowest BCUT2D eigenvalue weighted by Gasteiger charge is -2.13. The first-order chi connectivity index (χ1) is 13.6. The lowest BCUT2D eigenvalue weighted by molar-refractivity contribution is -0.137. The van der Waals surface area contributed by atoms with E-state index in [0.29, 0.717) is 24.0 Å². The molecule has 2 heterocycles. The number of nitrogens with one attached hydrogen (secondary N) is 1. The standard InChI is InChI=1S/C22H17N3O3/c26-19(27)9-4-12-23-16-11-10-14-20-13(16)5-3-6-15(20)22(28)25-18-8-2-1-7-17(18)24-21(14)25/h1-3,5-8,10-11,23H,4,9,12H2,(H,26,27). The molecule has 0 saturated carbocycles. The lowest BCUT2D eigenvalue weighted by atomic mass is 10.0. The van der Waals surface area contributed by atoms with Gasteiger partial charge in [-0.25, -0.2) is 4.98 Å². The van der Waals surface area contributed by atoms with Crippen molar-refractivity contribution in [2.45, 2.75) is 12.8 Å². The Morgan fingerprint density at radius 1 is 1.00 bits per heavy atom. The average Bonchev–Trinajstić information content (AvgIpc) is 3.09. The molecule has 6 nitrogen and oxygen atoms in total. The Labute approximate surface area is 159 Å². The van der Waals surface area contributed by atoms with Gasteiger partial charge in [0.1, 0.15) is 5.65 Å². The minimum absolute atomic E-state index is 0.0789. The SMILES string of the molecule is O=C(O)CCCNc1ccc2c3c1cccc3c(=O)n1c3ccccc3nc21. The number of carboxylic acids is 1. The summed E-state index contributed by atoms with van der Waals surface area (Å²) in [5.74, 6) is -0.803. The van der Waals surface area contributed by atoms with Gasteiger partial charge in [-0.15, -0.1) is 0 Å². The van der Waals surface area contributed by atoms with Crippen molar-refractivity contribution in [3.63, 3.8) is 0 Å². The number of benzene rings is 3. The Morgan fingerprint density at radius 2 is 1.82 bits per heavy atom. The zero-order valence-corrected chi connectivity index (χ0v) is 15.0. The fourth-order valence-corrected chi connectivity index (χ4v) is 3.92. The summed E-state index contributed by atoms with van der Waals surface area (Å²) < 4.78 is 1.69. The molecule has 5 rings (SSSR count). The molecule has 6 heteroatoms. The van der Waals surface area contributed by atoms with Gasteiger partial charge in [-0.1, -0.05) is 24.3 Å². The molecule has 5 aromatic rings. The summed E-state index contributed by atoms with van der Waals surface area (Å²) in [5.41, 5.74) is 3.07. The number of anilines is 1. The van der Waals surface area contributed by atoms with Crippen LogP contribution in [0.3, 0.4) is 0 Å². The molecular formula is C22H17N3O3. The smallest absolute Gasteiger partial charge is 0.303 e. The summed E-state index contributed by atoms with van der Waals surface area (Å²) in [7, 11) is 0. The van der Waals surface area contributed by atoms with E-state index < -0.39 is 5.97 Å². The molecule has 0 bridgehead atoms. The van der Waals surface area contributed by atoms with Gasteiger partial charge in [-0.3, -0.25) is 14.0 Å². The number of hydrogen-bond acceptors (Lipinski definition) is 4. The predicted molar refractivity (Wildman–Crippen MR) is 111 cm³/mol. The summed E-state index contributed by atoms with van der Waals surface area (Å²) in [6.07, 6.45) is 0.657. The number of aliphatic carboxylic acids is 1. The van der Waals surface area contributed by atoms with Gasteiger partial charge in [0.25, 0.3) is 5.56 Å². The third kappa shape index (κ3) is 2.38. The van der Waals surface area contributed by atoms with Crippen molar-refractivity contribution < 1.29 is 9.90 Å². The van der Waals surface area contributed by atoms with Gasteiger partial charge in [0.05, 0.1) is 11.0 Å². The third-order valence-corrected chi connectivity index (χ3v) is 5.16. The molecule has 138 valence electrons. The molecule has 0 atom stereocenters. The average molecular weight is 371 g/mol. The lowest BCUT2D eigenvalue weighted by Crippen LogP contribution is -2.13. The van der Waals surface area contributed by atoms with Gasteiger partial charge < -0.3 is 10.4 Å². The highest BCUT2D eigenvalue weighted by atomic mass is 16.4. The highest BCUT2D eigenvalue weighted by Crippen LogP contribution is 2.33. The Bertz CT molecular complexity index is 1420. The molecule has 0 amide bonds. The molecule has 28 heavy (non-hydrogen) atoms. The maximum absolute atomic E-state index is 13.3. The zero-order valence-electron chi connectivity index (χ0n) is 15.0. The van der Waals surface area contributed by atoms with Gasteiger partial charge >= 0.3 is 5.97 Å². The van der Waals surface area contributed by atoms with Crippen LogP contribution in [-0.4, -0.2) is 27.0 Å². The van der Waals surface area contributed by atoms with Gasteiger partial charge in [0, 0.05) is 40.2 Å². The van der Waals surface area contributed by atoms with Crippen LogP contribution in [0.4, 0.5) is 5.69 Å². The second kappa shape index (κ2) is 6.20. The van der Waals surface area contributed by atoms with E-state index in [4.69, 9.17) is 10.1 Å². The molecule has 2 aromatic heterocycles. The molecule has 0 aliphatic heterocycles.